The maximum atomic E-state index is 10.5. The van der Waals surface area contributed by atoms with E-state index < -0.39 is 4.92 Å². The van der Waals surface area contributed by atoms with Gasteiger partial charge in [-0.15, -0.1) is 0 Å². The van der Waals surface area contributed by atoms with E-state index in [9.17, 15) is 10.1 Å². The van der Waals surface area contributed by atoms with Gasteiger partial charge < -0.3 is 5.32 Å². The summed E-state index contributed by atoms with van der Waals surface area (Å²) in [6.07, 6.45) is 0. The number of rotatable bonds is 3. The third kappa shape index (κ3) is 2.26. The fourth-order valence-corrected chi connectivity index (χ4v) is 1.58. The van der Waals surface area contributed by atoms with E-state index in [0.29, 0.717) is 11.0 Å². The molecule has 0 saturated heterocycles. The lowest BCUT2D eigenvalue weighted by Crippen LogP contribution is -2.06. The number of benzene rings is 1. The number of halogens is 1. The van der Waals surface area contributed by atoms with E-state index in [0.717, 1.165) is 5.56 Å². The molecule has 0 radical (unpaired) electrons. The third-order valence-electron chi connectivity index (χ3n) is 1.62. The van der Waals surface area contributed by atoms with E-state index in [-0.39, 0.29) is 5.69 Å². The number of hydrogen-bond donors (Lipinski definition) is 1. The fraction of sp³-hybridized carbons (Fsp3) is 0.250. The monoisotopic (exact) mass is 244 g/mol. The second-order valence-corrected chi connectivity index (χ2v) is 3.33. The Labute approximate surface area is 84.2 Å². The highest BCUT2D eigenvalue weighted by Crippen LogP contribution is 2.27. The Kier molecular flexibility index (Phi) is 3.39. The molecule has 1 rings (SSSR count). The Balaban J connectivity index is 3.10. The molecule has 0 aromatic heterocycles. The molecule has 5 heteroatoms. The summed E-state index contributed by atoms with van der Waals surface area (Å²) in [5.74, 6) is 0. The first-order valence-electron chi connectivity index (χ1n) is 3.73. The van der Waals surface area contributed by atoms with Crippen molar-refractivity contribution in [3.05, 3.63) is 38.3 Å². The minimum absolute atomic E-state index is 0.104. The predicted octanol–water partition coefficient (Wildman–Crippen LogP) is 2.08. The topological polar surface area (TPSA) is 55.2 Å². The van der Waals surface area contributed by atoms with Crippen molar-refractivity contribution >= 4 is 21.6 Å². The molecule has 0 atom stereocenters. The number of nitro groups is 1. The van der Waals surface area contributed by atoms with Gasteiger partial charge in [0, 0.05) is 12.6 Å². The second kappa shape index (κ2) is 4.34. The highest BCUT2D eigenvalue weighted by molar-refractivity contribution is 9.10. The van der Waals surface area contributed by atoms with Crippen molar-refractivity contribution in [2.75, 3.05) is 7.05 Å². The van der Waals surface area contributed by atoms with E-state index >= 15 is 0 Å². The zero-order valence-electron chi connectivity index (χ0n) is 7.08. The number of nitrogens with zero attached hydrogens (tertiary/aromatic N) is 1. The van der Waals surface area contributed by atoms with Crippen molar-refractivity contribution < 1.29 is 4.92 Å². The molecule has 0 aliphatic rings. The minimum Gasteiger partial charge on any atom is -0.316 e. The normalized spacial score (nSPS) is 10.0. The maximum Gasteiger partial charge on any atom is 0.283 e. The summed E-state index contributed by atoms with van der Waals surface area (Å²) in [4.78, 5) is 10.1. The lowest BCUT2D eigenvalue weighted by Gasteiger charge is -2.02. The number of nitrogens with one attached hydrogen (secondary N) is 1. The molecule has 0 bridgehead atoms. The first-order valence-corrected chi connectivity index (χ1v) is 4.52. The van der Waals surface area contributed by atoms with Crippen LogP contribution in [0.4, 0.5) is 5.69 Å². The summed E-state index contributed by atoms with van der Waals surface area (Å²) in [6.45, 7) is 0.613. The van der Waals surface area contributed by atoms with Crippen molar-refractivity contribution in [2.45, 2.75) is 6.54 Å². The summed E-state index contributed by atoms with van der Waals surface area (Å²) >= 11 is 3.20. The average molecular weight is 245 g/mol. The average Bonchev–Trinajstić information content (AvgIpc) is 2.08. The fourth-order valence-electron chi connectivity index (χ4n) is 1.03. The second-order valence-electron chi connectivity index (χ2n) is 2.54. The van der Waals surface area contributed by atoms with E-state index in [2.05, 4.69) is 21.2 Å². The molecule has 0 aliphatic carbocycles. The molecule has 4 nitrogen and oxygen atoms in total. The summed E-state index contributed by atoms with van der Waals surface area (Å²) in [5.41, 5.74) is 0.990. The molecule has 0 aliphatic heterocycles. The van der Waals surface area contributed by atoms with Gasteiger partial charge in [-0.25, -0.2) is 0 Å². The molecule has 0 spiro atoms. The van der Waals surface area contributed by atoms with E-state index in [1.165, 1.54) is 6.07 Å². The third-order valence-corrected chi connectivity index (χ3v) is 2.54. The van der Waals surface area contributed by atoms with Crippen LogP contribution in [0.3, 0.4) is 0 Å². The standard InChI is InChI=1S/C8H9BrN2O2/c1-10-5-6-3-2-4-7(8(6)9)11(12)13/h2-4,10H,5H2,1H3. The van der Waals surface area contributed by atoms with Crippen LogP contribution in [0.2, 0.25) is 0 Å². The Bertz CT molecular complexity index is 328. The van der Waals surface area contributed by atoms with Crippen LogP contribution in [0.25, 0.3) is 0 Å². The molecule has 0 unspecified atom stereocenters. The number of nitro benzene ring substituents is 1. The SMILES string of the molecule is CNCc1cccc([N+](=O)[O-])c1Br. The smallest absolute Gasteiger partial charge is 0.283 e. The van der Waals surface area contributed by atoms with Gasteiger partial charge >= 0.3 is 0 Å². The first-order chi connectivity index (χ1) is 6.16. The highest BCUT2D eigenvalue weighted by atomic mass is 79.9. The summed E-state index contributed by atoms with van der Waals surface area (Å²) in [7, 11) is 1.80. The largest absolute Gasteiger partial charge is 0.316 e. The molecule has 1 N–H and O–H groups in total. The summed E-state index contributed by atoms with van der Waals surface area (Å²) in [5, 5.41) is 13.5. The molecule has 13 heavy (non-hydrogen) atoms. The van der Waals surface area contributed by atoms with Crippen molar-refractivity contribution in [1.29, 1.82) is 0 Å². The molecule has 0 heterocycles. The van der Waals surface area contributed by atoms with Gasteiger partial charge in [0.05, 0.1) is 9.40 Å². The van der Waals surface area contributed by atoms with Gasteiger partial charge in [0.1, 0.15) is 0 Å². The predicted molar refractivity (Wildman–Crippen MR) is 53.6 cm³/mol. The Hall–Kier alpha value is -0.940. The summed E-state index contributed by atoms with van der Waals surface area (Å²) < 4.78 is 0.550. The quantitative estimate of drug-likeness (QED) is 0.655. The van der Waals surface area contributed by atoms with Crippen LogP contribution in [0.1, 0.15) is 5.56 Å². The van der Waals surface area contributed by atoms with Crippen molar-refractivity contribution in [3.8, 4) is 0 Å². The minimum atomic E-state index is -0.400. The van der Waals surface area contributed by atoms with E-state index in [1.807, 2.05) is 6.07 Å². The van der Waals surface area contributed by atoms with Crippen LogP contribution < -0.4 is 5.32 Å². The van der Waals surface area contributed by atoms with Gasteiger partial charge in [-0.1, -0.05) is 12.1 Å². The molecule has 1 aromatic carbocycles. The van der Waals surface area contributed by atoms with Crippen LogP contribution in [0.5, 0.6) is 0 Å². The van der Waals surface area contributed by atoms with Gasteiger partial charge in [-0.05, 0) is 28.5 Å². The summed E-state index contributed by atoms with van der Waals surface area (Å²) in [6, 6.07) is 4.99. The zero-order chi connectivity index (χ0) is 9.84. The van der Waals surface area contributed by atoms with Gasteiger partial charge in [0.15, 0.2) is 0 Å². The van der Waals surface area contributed by atoms with Crippen molar-refractivity contribution in [1.82, 2.24) is 5.32 Å². The molecule has 1 aromatic rings. The van der Waals surface area contributed by atoms with Gasteiger partial charge in [0.25, 0.3) is 5.69 Å². The first kappa shape index (κ1) is 10.1. The van der Waals surface area contributed by atoms with Crippen molar-refractivity contribution in [2.24, 2.45) is 0 Å². The Morgan fingerprint density at radius 1 is 1.62 bits per heavy atom. The Morgan fingerprint density at radius 3 is 2.85 bits per heavy atom. The maximum absolute atomic E-state index is 10.5. The van der Waals surface area contributed by atoms with Gasteiger partial charge in [-0.2, -0.15) is 0 Å². The van der Waals surface area contributed by atoms with Crippen LogP contribution >= 0.6 is 15.9 Å². The lowest BCUT2D eigenvalue weighted by molar-refractivity contribution is -0.385. The molecule has 0 saturated carbocycles. The molecular weight excluding hydrogens is 236 g/mol. The van der Waals surface area contributed by atoms with Crippen LogP contribution in [-0.4, -0.2) is 12.0 Å². The van der Waals surface area contributed by atoms with Crippen LogP contribution in [-0.2, 0) is 6.54 Å². The number of hydrogen-bond acceptors (Lipinski definition) is 3. The molecular formula is C8H9BrN2O2. The van der Waals surface area contributed by atoms with Gasteiger partial charge in [-0.3, -0.25) is 10.1 Å². The zero-order valence-corrected chi connectivity index (χ0v) is 8.67. The highest BCUT2D eigenvalue weighted by Gasteiger charge is 2.13. The van der Waals surface area contributed by atoms with Crippen molar-refractivity contribution in [3.63, 3.8) is 0 Å². The molecule has 0 fully saturated rings. The molecule has 0 amide bonds. The van der Waals surface area contributed by atoms with Gasteiger partial charge in [0.2, 0.25) is 0 Å². The lowest BCUT2D eigenvalue weighted by atomic mass is 10.2. The van der Waals surface area contributed by atoms with E-state index in [4.69, 9.17) is 0 Å². The van der Waals surface area contributed by atoms with E-state index in [1.54, 1.807) is 13.1 Å². The van der Waals surface area contributed by atoms with Crippen LogP contribution in [0.15, 0.2) is 22.7 Å². The molecule has 70 valence electrons. The Morgan fingerprint density at radius 2 is 2.31 bits per heavy atom. The van der Waals surface area contributed by atoms with Crippen LogP contribution in [0, 0.1) is 10.1 Å².